The van der Waals surface area contributed by atoms with Crippen molar-refractivity contribution < 1.29 is 40.3 Å². The van der Waals surface area contributed by atoms with E-state index < -0.39 is 25.0 Å². The Hall–Kier alpha value is -4.14. The molecule has 0 aliphatic rings. The van der Waals surface area contributed by atoms with Crippen LogP contribution in [0, 0.1) is 0 Å². The number of hydrogen-bond acceptors (Lipinski definition) is 10. The molecule has 0 spiro atoms. The van der Waals surface area contributed by atoms with Crippen molar-refractivity contribution in [1.29, 1.82) is 0 Å². The highest BCUT2D eigenvalue weighted by Crippen LogP contribution is 2.44. The predicted octanol–water partition coefficient (Wildman–Crippen LogP) is 3.21. The van der Waals surface area contributed by atoms with Gasteiger partial charge in [0.1, 0.15) is 27.9 Å². The van der Waals surface area contributed by atoms with Gasteiger partial charge in [0, 0.05) is 23.3 Å². The molecule has 0 atom stereocenters. The first-order chi connectivity index (χ1) is 17.9. The Labute approximate surface area is 220 Å². The number of nitrogens with two attached hydrogens (primary N) is 2. The standard InChI is InChI=1S/C24H27N3O9S2/c1-33-14-11-19(35-3)15(20(12-14)36-4)9-10-37(28,29)27-17-13-21(38(30,31)32)24(26)22(23(17)25)16-7-5-6-8-18(16)34-2/h5-13,27H,25-26H2,1-4H3,(H,30,31,32). The Morgan fingerprint density at radius 3 is 1.92 bits per heavy atom. The van der Waals surface area contributed by atoms with E-state index in [0.29, 0.717) is 11.3 Å². The summed E-state index contributed by atoms with van der Waals surface area (Å²) in [5.74, 6) is 1.25. The maximum atomic E-state index is 13.0. The minimum atomic E-state index is -4.88. The van der Waals surface area contributed by atoms with Gasteiger partial charge in [-0.3, -0.25) is 9.27 Å². The second-order valence-electron chi connectivity index (χ2n) is 7.70. The number of methoxy groups -OCH3 is 4. The van der Waals surface area contributed by atoms with Crippen LogP contribution in [0.5, 0.6) is 23.0 Å². The molecule has 14 heteroatoms. The summed E-state index contributed by atoms with van der Waals surface area (Å²) >= 11 is 0. The third kappa shape index (κ3) is 5.88. The molecule has 12 nitrogen and oxygen atoms in total. The molecule has 0 saturated carbocycles. The third-order valence-electron chi connectivity index (χ3n) is 5.44. The molecule has 6 N–H and O–H groups in total. The average molecular weight is 566 g/mol. The van der Waals surface area contributed by atoms with E-state index in [-0.39, 0.29) is 45.4 Å². The lowest BCUT2D eigenvalue weighted by Crippen LogP contribution is -2.14. The summed E-state index contributed by atoms with van der Waals surface area (Å²) in [7, 11) is -3.57. The van der Waals surface area contributed by atoms with Crippen molar-refractivity contribution in [3.05, 3.63) is 53.4 Å². The monoisotopic (exact) mass is 565 g/mol. The highest BCUT2D eigenvalue weighted by Gasteiger charge is 2.26. The smallest absolute Gasteiger partial charge is 0.296 e. The molecule has 0 radical (unpaired) electrons. The van der Waals surface area contributed by atoms with Gasteiger partial charge in [-0.25, -0.2) is 8.42 Å². The summed E-state index contributed by atoms with van der Waals surface area (Å²) in [5.41, 5.74) is 11.9. The van der Waals surface area contributed by atoms with Gasteiger partial charge in [0.2, 0.25) is 0 Å². The van der Waals surface area contributed by atoms with Gasteiger partial charge in [0.05, 0.1) is 56.5 Å². The van der Waals surface area contributed by atoms with Crippen LogP contribution in [0.1, 0.15) is 5.56 Å². The number of anilines is 3. The lowest BCUT2D eigenvalue weighted by molar-refractivity contribution is 0.374. The first-order valence-electron chi connectivity index (χ1n) is 10.7. The fourth-order valence-electron chi connectivity index (χ4n) is 3.67. The van der Waals surface area contributed by atoms with Crippen LogP contribution in [-0.4, -0.2) is 49.8 Å². The molecule has 38 heavy (non-hydrogen) atoms. The second kappa shape index (κ2) is 11.1. The highest BCUT2D eigenvalue weighted by atomic mass is 32.2. The van der Waals surface area contributed by atoms with E-state index >= 15 is 0 Å². The van der Waals surface area contributed by atoms with Crippen molar-refractivity contribution >= 4 is 43.3 Å². The largest absolute Gasteiger partial charge is 0.496 e. The maximum absolute atomic E-state index is 13.0. The molecule has 3 aromatic carbocycles. The topological polar surface area (TPSA) is 189 Å². The molecule has 0 aliphatic heterocycles. The van der Waals surface area contributed by atoms with Gasteiger partial charge in [-0.15, -0.1) is 0 Å². The van der Waals surface area contributed by atoms with E-state index in [1.165, 1.54) is 46.6 Å². The Kier molecular flexibility index (Phi) is 8.29. The van der Waals surface area contributed by atoms with Gasteiger partial charge < -0.3 is 30.4 Å². The van der Waals surface area contributed by atoms with Crippen molar-refractivity contribution in [2.75, 3.05) is 44.6 Å². The Balaban J connectivity index is 2.16. The number of hydrogen-bond donors (Lipinski definition) is 4. The predicted molar refractivity (Wildman–Crippen MR) is 145 cm³/mol. The van der Waals surface area contributed by atoms with E-state index in [1.54, 1.807) is 24.3 Å². The van der Waals surface area contributed by atoms with Gasteiger partial charge in [-0.1, -0.05) is 18.2 Å². The van der Waals surface area contributed by atoms with Crippen molar-refractivity contribution in [3.8, 4) is 34.1 Å². The average Bonchev–Trinajstić information content (AvgIpc) is 2.88. The molecule has 0 heterocycles. The van der Waals surface area contributed by atoms with Gasteiger partial charge >= 0.3 is 0 Å². The number of para-hydroxylation sites is 1. The Morgan fingerprint density at radius 2 is 1.39 bits per heavy atom. The van der Waals surface area contributed by atoms with E-state index in [0.717, 1.165) is 11.5 Å². The SMILES string of the molecule is COc1cc(OC)c(C=CS(=O)(=O)Nc2cc(S(=O)(=O)O)c(N)c(-c3ccccc3OC)c2N)c(OC)c1. The summed E-state index contributed by atoms with van der Waals surface area (Å²) in [4.78, 5) is -0.743. The van der Waals surface area contributed by atoms with Crippen LogP contribution in [0.4, 0.5) is 17.1 Å². The van der Waals surface area contributed by atoms with Crippen LogP contribution in [-0.2, 0) is 20.1 Å². The fraction of sp³-hybridized carbons (Fsp3) is 0.167. The third-order valence-corrected chi connectivity index (χ3v) is 7.34. The quantitative estimate of drug-likeness (QED) is 0.209. The summed E-state index contributed by atoms with van der Waals surface area (Å²) < 4.78 is 83.4. The molecule has 0 saturated heterocycles. The van der Waals surface area contributed by atoms with Gasteiger partial charge in [-0.05, 0) is 18.2 Å². The molecule has 0 fully saturated rings. The second-order valence-corrected chi connectivity index (χ2v) is 10.7. The zero-order valence-corrected chi connectivity index (χ0v) is 22.5. The molecular formula is C24H27N3O9S2. The molecule has 3 aromatic rings. The summed E-state index contributed by atoms with van der Waals surface area (Å²) in [6.45, 7) is 0. The van der Waals surface area contributed by atoms with E-state index in [1.807, 2.05) is 0 Å². The molecule has 3 rings (SSSR count). The molecule has 0 unspecified atom stereocenters. The molecule has 0 aromatic heterocycles. The van der Waals surface area contributed by atoms with Crippen LogP contribution >= 0.6 is 0 Å². The fourth-order valence-corrected chi connectivity index (χ4v) is 5.18. The summed E-state index contributed by atoms with van der Waals surface area (Å²) in [6.07, 6.45) is 1.22. The number of nitrogens with one attached hydrogen (secondary N) is 1. The van der Waals surface area contributed by atoms with Crippen LogP contribution < -0.4 is 35.1 Å². The van der Waals surface area contributed by atoms with Crippen molar-refractivity contribution in [2.24, 2.45) is 0 Å². The first-order valence-corrected chi connectivity index (χ1v) is 13.7. The highest BCUT2D eigenvalue weighted by molar-refractivity contribution is 7.95. The van der Waals surface area contributed by atoms with E-state index in [4.69, 9.17) is 30.4 Å². The normalized spacial score (nSPS) is 11.8. The maximum Gasteiger partial charge on any atom is 0.296 e. The summed E-state index contributed by atoms with van der Waals surface area (Å²) in [5, 5.41) is 0.811. The van der Waals surface area contributed by atoms with Crippen molar-refractivity contribution in [1.82, 2.24) is 0 Å². The van der Waals surface area contributed by atoms with E-state index in [9.17, 15) is 21.4 Å². The molecule has 204 valence electrons. The Bertz CT molecular complexity index is 1580. The number of sulfonamides is 1. The number of ether oxygens (including phenoxy) is 4. The first kappa shape index (κ1) is 28.4. The van der Waals surface area contributed by atoms with Crippen molar-refractivity contribution in [2.45, 2.75) is 4.90 Å². The molecule has 0 amide bonds. The minimum Gasteiger partial charge on any atom is -0.496 e. The van der Waals surface area contributed by atoms with Gasteiger partial charge in [0.15, 0.2) is 0 Å². The molecule has 0 bridgehead atoms. The van der Waals surface area contributed by atoms with Crippen molar-refractivity contribution in [3.63, 3.8) is 0 Å². The van der Waals surface area contributed by atoms with Gasteiger partial charge in [0.25, 0.3) is 20.1 Å². The van der Waals surface area contributed by atoms with Crippen LogP contribution in [0.15, 0.2) is 52.8 Å². The summed E-state index contributed by atoms with van der Waals surface area (Å²) in [6, 6.07) is 10.3. The molecule has 0 aliphatic carbocycles. The zero-order valence-electron chi connectivity index (χ0n) is 20.9. The molecular weight excluding hydrogens is 538 g/mol. The zero-order chi connectivity index (χ0) is 28.3. The number of rotatable bonds is 10. The van der Waals surface area contributed by atoms with E-state index in [2.05, 4.69) is 4.72 Å². The number of nitrogen functional groups attached to an aromatic ring is 2. The lowest BCUT2D eigenvalue weighted by atomic mass is 9.99. The number of benzene rings is 3. The van der Waals surface area contributed by atoms with Crippen LogP contribution in [0.25, 0.3) is 17.2 Å². The lowest BCUT2D eigenvalue weighted by Gasteiger charge is -2.19. The minimum absolute atomic E-state index is 0.0438. The van der Waals surface area contributed by atoms with Crippen LogP contribution in [0.3, 0.4) is 0 Å². The van der Waals surface area contributed by atoms with Gasteiger partial charge in [-0.2, -0.15) is 8.42 Å². The Morgan fingerprint density at radius 1 is 0.816 bits per heavy atom. The van der Waals surface area contributed by atoms with Crippen LogP contribution in [0.2, 0.25) is 0 Å².